The maximum Gasteiger partial charge on any atom is 3.00 e. The zero-order valence-corrected chi connectivity index (χ0v) is 29.6. The summed E-state index contributed by atoms with van der Waals surface area (Å²) in [5.74, 6) is 0. The van der Waals surface area contributed by atoms with E-state index in [1.807, 2.05) is 36.4 Å². The van der Waals surface area contributed by atoms with E-state index < -0.39 is 14.5 Å². The summed E-state index contributed by atoms with van der Waals surface area (Å²) < 4.78 is 0. The van der Waals surface area contributed by atoms with Crippen molar-refractivity contribution in [2.24, 2.45) is 0 Å². The van der Waals surface area contributed by atoms with Crippen molar-refractivity contribution < 1.29 is 61.5 Å². The van der Waals surface area contributed by atoms with E-state index in [2.05, 4.69) is 146 Å². The van der Waals surface area contributed by atoms with Crippen LogP contribution in [0.15, 0.2) is 182 Å². The third kappa shape index (κ3) is 6.64. The van der Waals surface area contributed by atoms with E-state index in [0.29, 0.717) is 5.27 Å². The number of carbonyl (C=O) groups excluding carboxylic acids is 1. The molecule has 0 radical (unpaired) electrons. The molecule has 6 aromatic carbocycles. The summed E-state index contributed by atoms with van der Waals surface area (Å²) in [5, 5.41) is 7.00. The Labute approximate surface area is 293 Å². The fourth-order valence-electron chi connectivity index (χ4n) is 6.20. The largest absolute Gasteiger partial charge is 3.00 e. The molecule has 226 valence electrons. The monoisotopic (exact) mass is 762 g/mol. The van der Waals surface area contributed by atoms with Crippen molar-refractivity contribution in [1.29, 1.82) is 0 Å². The first kappa shape index (κ1) is 37.5. The van der Waals surface area contributed by atoms with Crippen molar-refractivity contribution in [3.8, 4) is 0 Å². The molecule has 0 saturated carbocycles. The SMILES string of the molecule is O=C([PH](c1ccccc1)(c1ccccc1)c1ccccc1)[PH](c1ccccc1)(c1ccccc1)c1ccccc1.[Cl-].[Cl-].[Cl-].[Rh+3]. The maximum atomic E-state index is 16.4. The Hall–Kier alpha value is -2.66. The summed E-state index contributed by atoms with van der Waals surface area (Å²) in [6.45, 7) is 0. The zero-order chi connectivity index (χ0) is 27.3. The van der Waals surface area contributed by atoms with Gasteiger partial charge in [0.15, 0.2) is 0 Å². The molecule has 7 heteroatoms. The number of halogens is 3. The molecule has 0 heterocycles. The summed E-state index contributed by atoms with van der Waals surface area (Å²) in [5.41, 5.74) is 0. The standard InChI is InChI=1S/C37H32OP2.3ClH.Rh/c38-37(39(31-19-7-1-8-20-31,32-21-9-2-10-22-32)33-23-11-3-12-24-33)40(34-25-13-4-14-26-34,35-27-15-5-16-28-35)36-29-17-6-18-30-36;;;;/h1-30,39-40H;3*1H;/q;;;;+3/p-3. The summed E-state index contributed by atoms with van der Waals surface area (Å²) in [6, 6.07) is 63.2. The van der Waals surface area contributed by atoms with E-state index in [1.165, 1.54) is 0 Å². The Balaban J connectivity index is 0.00000169. The number of carbonyl (C=O) groups is 1. The number of rotatable bonds is 8. The Morgan fingerprint density at radius 1 is 0.295 bits per heavy atom. The van der Waals surface area contributed by atoms with Gasteiger partial charge in [0.2, 0.25) is 0 Å². The van der Waals surface area contributed by atoms with Crippen LogP contribution in [0, 0.1) is 0 Å². The van der Waals surface area contributed by atoms with Crippen LogP contribution in [-0.4, -0.2) is 5.27 Å². The fourth-order valence-corrected chi connectivity index (χ4v) is 18.8. The topological polar surface area (TPSA) is 17.1 Å². The molecule has 0 saturated heterocycles. The predicted molar refractivity (Wildman–Crippen MR) is 178 cm³/mol. The predicted octanol–water partition coefficient (Wildman–Crippen LogP) is -2.43. The molecule has 0 aliphatic rings. The second-order valence-electron chi connectivity index (χ2n) is 10.0. The zero-order valence-electron chi connectivity index (χ0n) is 23.7. The van der Waals surface area contributed by atoms with Gasteiger partial charge >= 0.3 is 258 Å². The molecular formula is C37H32Cl3OP2Rh. The van der Waals surface area contributed by atoms with Gasteiger partial charge in [0, 0.05) is 0 Å². The molecule has 0 fully saturated rings. The minimum absolute atomic E-state index is 0. The Morgan fingerprint density at radius 3 is 0.568 bits per heavy atom. The van der Waals surface area contributed by atoms with E-state index in [9.17, 15) is 0 Å². The molecule has 6 aromatic rings. The van der Waals surface area contributed by atoms with Crippen LogP contribution in [0.4, 0.5) is 4.79 Å². The molecule has 0 spiro atoms. The van der Waals surface area contributed by atoms with Crippen molar-refractivity contribution in [3.05, 3.63) is 182 Å². The van der Waals surface area contributed by atoms with E-state index >= 15 is 4.79 Å². The minimum Gasteiger partial charge on any atom is -1.00 e. The molecule has 6 rings (SSSR count). The Morgan fingerprint density at radius 2 is 0.432 bits per heavy atom. The van der Waals surface area contributed by atoms with Crippen LogP contribution >= 0.6 is 14.5 Å². The molecule has 0 aromatic heterocycles. The molecule has 0 aliphatic heterocycles. The van der Waals surface area contributed by atoms with Gasteiger partial charge in [0.1, 0.15) is 0 Å². The molecule has 0 unspecified atom stereocenters. The van der Waals surface area contributed by atoms with Gasteiger partial charge in [-0.3, -0.25) is 0 Å². The van der Waals surface area contributed by atoms with Gasteiger partial charge < -0.3 is 37.2 Å². The minimum atomic E-state index is -3.29. The first-order valence-corrected chi connectivity index (χ1v) is 17.7. The molecule has 0 atom stereocenters. The van der Waals surface area contributed by atoms with Crippen molar-refractivity contribution in [2.75, 3.05) is 0 Å². The van der Waals surface area contributed by atoms with Crippen LogP contribution in [-0.2, 0) is 19.5 Å². The molecular weight excluding hydrogens is 732 g/mol. The molecule has 0 amide bonds. The second-order valence-corrected chi connectivity index (χ2v) is 17.9. The summed E-state index contributed by atoms with van der Waals surface area (Å²) in [6.07, 6.45) is 0. The first-order chi connectivity index (χ1) is 19.8. The number of hydrogen-bond donors (Lipinski definition) is 0. The number of hydrogen-bond acceptors (Lipinski definition) is 1. The van der Waals surface area contributed by atoms with E-state index in [4.69, 9.17) is 0 Å². The average Bonchev–Trinajstić information content (AvgIpc) is 3.05. The van der Waals surface area contributed by atoms with Crippen molar-refractivity contribution in [3.63, 3.8) is 0 Å². The summed E-state index contributed by atoms with van der Waals surface area (Å²) in [7, 11) is -6.58. The molecule has 0 N–H and O–H groups in total. The van der Waals surface area contributed by atoms with Crippen molar-refractivity contribution in [2.45, 2.75) is 0 Å². The van der Waals surface area contributed by atoms with Crippen LogP contribution in [0.1, 0.15) is 0 Å². The smallest absolute Gasteiger partial charge is 1.00 e. The quantitative estimate of drug-likeness (QED) is 0.125. The third-order valence-electron chi connectivity index (χ3n) is 7.92. The van der Waals surface area contributed by atoms with Gasteiger partial charge in [-0.15, -0.1) is 0 Å². The van der Waals surface area contributed by atoms with Gasteiger partial charge in [-0.2, -0.15) is 0 Å². The van der Waals surface area contributed by atoms with Gasteiger partial charge in [0.05, 0.1) is 0 Å². The van der Waals surface area contributed by atoms with Crippen molar-refractivity contribution in [1.82, 2.24) is 0 Å². The summed E-state index contributed by atoms with van der Waals surface area (Å²) in [4.78, 5) is 16.4. The Bertz CT molecular complexity index is 1370. The number of benzene rings is 6. The maximum absolute atomic E-state index is 16.4. The van der Waals surface area contributed by atoms with Gasteiger partial charge in [0.25, 0.3) is 0 Å². The second kappa shape index (κ2) is 17.1. The third-order valence-corrected chi connectivity index (χ3v) is 18.7. The average molecular weight is 764 g/mol. The molecule has 0 aliphatic carbocycles. The summed E-state index contributed by atoms with van der Waals surface area (Å²) >= 11 is 0. The molecule has 44 heavy (non-hydrogen) atoms. The van der Waals surface area contributed by atoms with Crippen LogP contribution in [0.2, 0.25) is 0 Å². The van der Waals surface area contributed by atoms with Crippen molar-refractivity contribution >= 4 is 51.6 Å². The van der Waals surface area contributed by atoms with E-state index in [0.717, 1.165) is 31.8 Å². The van der Waals surface area contributed by atoms with Gasteiger partial charge in [-0.1, -0.05) is 0 Å². The van der Waals surface area contributed by atoms with Crippen LogP contribution in [0.25, 0.3) is 0 Å². The van der Waals surface area contributed by atoms with E-state index in [1.54, 1.807) is 0 Å². The van der Waals surface area contributed by atoms with Crippen LogP contribution in [0.5, 0.6) is 0 Å². The Kier molecular flexibility index (Phi) is 14.6. The van der Waals surface area contributed by atoms with Gasteiger partial charge in [-0.05, 0) is 0 Å². The normalized spacial score (nSPS) is 11.3. The molecule has 1 nitrogen and oxygen atoms in total. The fraction of sp³-hybridized carbons (Fsp3) is 0. The van der Waals surface area contributed by atoms with Crippen LogP contribution in [0.3, 0.4) is 0 Å². The van der Waals surface area contributed by atoms with Crippen LogP contribution < -0.4 is 69.0 Å². The first-order valence-electron chi connectivity index (χ1n) is 13.7. The van der Waals surface area contributed by atoms with Gasteiger partial charge in [-0.25, -0.2) is 0 Å². The van der Waals surface area contributed by atoms with E-state index in [-0.39, 0.29) is 56.7 Å². The molecule has 0 bridgehead atoms.